The zero-order valence-corrected chi connectivity index (χ0v) is 16.9. The summed E-state index contributed by atoms with van der Waals surface area (Å²) >= 11 is 9.14. The zero-order chi connectivity index (χ0) is 18.6. The van der Waals surface area contributed by atoms with Gasteiger partial charge in [-0.25, -0.2) is 0 Å². The van der Waals surface area contributed by atoms with E-state index in [1.807, 2.05) is 23.1 Å². The topological polar surface area (TPSA) is 27.0 Å². The summed E-state index contributed by atoms with van der Waals surface area (Å²) in [4.78, 5) is 3.74. The molecule has 4 aromatic rings. The van der Waals surface area contributed by atoms with Crippen molar-refractivity contribution in [3.63, 3.8) is 0 Å². The van der Waals surface area contributed by atoms with Gasteiger partial charge >= 0.3 is 0 Å². The van der Waals surface area contributed by atoms with Crippen LogP contribution in [0.25, 0.3) is 21.2 Å². The van der Waals surface area contributed by atoms with Crippen LogP contribution in [-0.4, -0.2) is 16.4 Å². The number of rotatable bonds is 5. The smallest absolute Gasteiger partial charge is 0.120 e. The second-order valence-corrected chi connectivity index (χ2v) is 8.43. The van der Waals surface area contributed by atoms with E-state index in [4.69, 9.17) is 12.2 Å². The Labute approximate surface area is 171 Å². The van der Waals surface area contributed by atoms with Crippen molar-refractivity contribution in [2.75, 3.05) is 6.54 Å². The van der Waals surface area contributed by atoms with E-state index in [9.17, 15) is 5.26 Å². The van der Waals surface area contributed by atoms with Crippen LogP contribution in [0.5, 0.6) is 0 Å². The standard InChI is InChI=1S/C22H16N2S3/c23-9-10-24(14-16-4-2-1-3-5-16)22(25)21-13-19-12-17(6-7-20(19)27-21)18-8-11-26-15-18/h1-8,11-13,15H,10,14H2. The quantitative estimate of drug-likeness (QED) is 0.287. The molecule has 27 heavy (non-hydrogen) atoms. The average molecular weight is 405 g/mol. The molecule has 0 fully saturated rings. The summed E-state index contributed by atoms with van der Waals surface area (Å²) in [6.45, 7) is 0.920. The molecule has 0 amide bonds. The Balaban J connectivity index is 1.63. The number of hydrogen-bond donors (Lipinski definition) is 0. The van der Waals surface area contributed by atoms with Crippen LogP contribution in [-0.2, 0) is 6.54 Å². The molecule has 132 valence electrons. The Morgan fingerprint density at radius 2 is 1.89 bits per heavy atom. The fourth-order valence-corrected chi connectivity index (χ4v) is 4.99. The van der Waals surface area contributed by atoms with Crippen LogP contribution in [0.1, 0.15) is 10.4 Å². The van der Waals surface area contributed by atoms with E-state index in [1.165, 1.54) is 21.2 Å². The first kappa shape index (κ1) is 17.9. The summed E-state index contributed by atoms with van der Waals surface area (Å²) in [5.74, 6) is 0. The van der Waals surface area contributed by atoms with Crippen LogP contribution in [0.4, 0.5) is 0 Å². The number of benzene rings is 2. The van der Waals surface area contributed by atoms with E-state index < -0.39 is 0 Å². The van der Waals surface area contributed by atoms with Crippen molar-refractivity contribution in [2.24, 2.45) is 0 Å². The Hall–Kier alpha value is -2.52. The van der Waals surface area contributed by atoms with Gasteiger partial charge in [-0.15, -0.1) is 11.3 Å². The molecule has 0 aliphatic heterocycles. The maximum atomic E-state index is 9.25. The molecule has 2 nitrogen and oxygen atoms in total. The molecule has 2 heterocycles. The van der Waals surface area contributed by atoms with Crippen LogP contribution < -0.4 is 0 Å². The van der Waals surface area contributed by atoms with Gasteiger partial charge in [-0.1, -0.05) is 48.6 Å². The molecule has 0 radical (unpaired) electrons. The lowest BCUT2D eigenvalue weighted by molar-refractivity contribution is 0.471. The van der Waals surface area contributed by atoms with Gasteiger partial charge in [0.15, 0.2) is 0 Å². The minimum Gasteiger partial charge on any atom is -0.344 e. The Morgan fingerprint density at radius 3 is 2.63 bits per heavy atom. The maximum absolute atomic E-state index is 9.25. The van der Waals surface area contributed by atoms with Crippen LogP contribution in [0, 0.1) is 11.3 Å². The highest BCUT2D eigenvalue weighted by atomic mass is 32.1. The third kappa shape index (κ3) is 3.93. The fraction of sp³-hybridized carbons (Fsp3) is 0.0909. The van der Waals surface area contributed by atoms with Gasteiger partial charge < -0.3 is 4.90 Å². The third-order valence-corrected chi connectivity index (χ3v) is 6.76. The lowest BCUT2D eigenvalue weighted by Gasteiger charge is -2.21. The van der Waals surface area contributed by atoms with Gasteiger partial charge in [0.2, 0.25) is 0 Å². The van der Waals surface area contributed by atoms with Gasteiger partial charge in [0.25, 0.3) is 0 Å². The van der Waals surface area contributed by atoms with Crippen molar-refractivity contribution in [2.45, 2.75) is 6.54 Å². The van der Waals surface area contributed by atoms with E-state index >= 15 is 0 Å². The van der Waals surface area contributed by atoms with E-state index in [2.05, 4.69) is 59.3 Å². The number of hydrogen-bond acceptors (Lipinski definition) is 4. The van der Waals surface area contributed by atoms with Crippen LogP contribution in [0.3, 0.4) is 0 Å². The summed E-state index contributed by atoms with van der Waals surface area (Å²) in [5.41, 5.74) is 3.61. The molecule has 4 rings (SSSR count). The van der Waals surface area contributed by atoms with Crippen molar-refractivity contribution in [1.82, 2.24) is 4.90 Å². The van der Waals surface area contributed by atoms with Gasteiger partial charge in [-0.2, -0.15) is 16.6 Å². The summed E-state index contributed by atoms with van der Waals surface area (Å²) in [6, 6.07) is 23.2. The summed E-state index contributed by atoms with van der Waals surface area (Å²) < 4.78 is 1.21. The summed E-state index contributed by atoms with van der Waals surface area (Å²) in [6.07, 6.45) is 0. The highest BCUT2D eigenvalue weighted by Gasteiger charge is 2.15. The van der Waals surface area contributed by atoms with Crippen molar-refractivity contribution in [1.29, 1.82) is 5.26 Å². The number of nitrogens with zero attached hydrogens (tertiary/aromatic N) is 2. The number of thiophene rings is 2. The van der Waals surface area contributed by atoms with Crippen LogP contribution in [0.15, 0.2) is 71.4 Å². The largest absolute Gasteiger partial charge is 0.344 e. The minimum atomic E-state index is 0.280. The van der Waals surface area contributed by atoms with Gasteiger partial charge in [0.1, 0.15) is 11.5 Å². The van der Waals surface area contributed by atoms with Crippen molar-refractivity contribution >= 4 is 50.0 Å². The summed E-state index contributed by atoms with van der Waals surface area (Å²) in [7, 11) is 0. The lowest BCUT2D eigenvalue weighted by Crippen LogP contribution is -2.29. The van der Waals surface area contributed by atoms with Crippen molar-refractivity contribution in [3.05, 3.63) is 81.9 Å². The average Bonchev–Trinajstić information content (AvgIpc) is 3.37. The van der Waals surface area contributed by atoms with E-state index in [1.54, 1.807) is 22.7 Å². The van der Waals surface area contributed by atoms with Crippen molar-refractivity contribution in [3.8, 4) is 17.2 Å². The SMILES string of the molecule is N#CCN(Cc1ccccc1)C(=S)c1cc2cc(-c3ccsc3)ccc2s1. The highest BCUT2D eigenvalue weighted by Crippen LogP contribution is 2.32. The predicted octanol–water partition coefficient (Wildman–Crippen LogP) is 6.33. The Kier molecular flexibility index (Phi) is 5.30. The fourth-order valence-electron chi connectivity index (χ4n) is 3.00. The highest BCUT2D eigenvalue weighted by molar-refractivity contribution is 7.81. The molecule has 0 saturated heterocycles. The van der Waals surface area contributed by atoms with Crippen LogP contribution >= 0.6 is 34.9 Å². The summed E-state index contributed by atoms with van der Waals surface area (Å²) in [5, 5.41) is 14.7. The van der Waals surface area contributed by atoms with Gasteiger partial charge in [-0.3, -0.25) is 0 Å². The van der Waals surface area contributed by atoms with Gasteiger partial charge in [-0.05, 0) is 57.1 Å². The molecule has 0 unspecified atom stereocenters. The van der Waals surface area contributed by atoms with Gasteiger partial charge in [0, 0.05) is 11.2 Å². The van der Waals surface area contributed by atoms with E-state index in [-0.39, 0.29) is 6.54 Å². The normalized spacial score (nSPS) is 10.6. The molecular formula is C22H16N2S3. The third-order valence-electron chi connectivity index (χ3n) is 4.35. The number of thiocarbonyl (C=S) groups is 1. The first-order chi connectivity index (χ1) is 13.2. The molecule has 5 heteroatoms. The molecule has 0 aliphatic rings. The molecular weight excluding hydrogens is 388 g/mol. The molecule has 0 N–H and O–H groups in total. The van der Waals surface area contributed by atoms with Crippen LogP contribution in [0.2, 0.25) is 0 Å². The monoisotopic (exact) mass is 404 g/mol. The predicted molar refractivity (Wildman–Crippen MR) is 119 cm³/mol. The Morgan fingerprint density at radius 1 is 1.04 bits per heavy atom. The molecule has 0 aliphatic carbocycles. The molecule has 0 bridgehead atoms. The maximum Gasteiger partial charge on any atom is 0.120 e. The zero-order valence-electron chi connectivity index (χ0n) is 14.5. The molecule has 2 aromatic carbocycles. The molecule has 2 aromatic heterocycles. The lowest BCUT2D eigenvalue weighted by atomic mass is 10.1. The number of fused-ring (bicyclic) bond motifs is 1. The van der Waals surface area contributed by atoms with E-state index in [0.29, 0.717) is 6.54 Å². The number of nitriles is 1. The molecule has 0 spiro atoms. The first-order valence-corrected chi connectivity index (χ1v) is 10.7. The van der Waals surface area contributed by atoms with E-state index in [0.717, 1.165) is 15.4 Å². The Bertz CT molecular complexity index is 1110. The minimum absolute atomic E-state index is 0.280. The van der Waals surface area contributed by atoms with Crippen molar-refractivity contribution < 1.29 is 0 Å². The molecule has 0 saturated carbocycles. The second-order valence-electron chi connectivity index (χ2n) is 6.18. The van der Waals surface area contributed by atoms with Gasteiger partial charge in [0.05, 0.1) is 10.9 Å². The second kappa shape index (κ2) is 8.01. The first-order valence-electron chi connectivity index (χ1n) is 8.51. The molecule has 0 atom stereocenters.